The quantitative estimate of drug-likeness (QED) is 0.0112. The van der Waals surface area contributed by atoms with Crippen molar-refractivity contribution in [1.82, 2.24) is 11.0 Å². The van der Waals surface area contributed by atoms with Crippen LogP contribution in [-0.4, -0.2) is 81.8 Å². The van der Waals surface area contributed by atoms with Crippen molar-refractivity contribution in [3.8, 4) is 34.5 Å². The lowest BCUT2D eigenvalue weighted by atomic mass is 9.67. The Kier molecular flexibility index (Phi) is 29.4. The standard InChI is InChI=1S/C25H39NO4Si.C22H31NO4.C22H30O4.C3H11NOSi.CH3I.ClH/c1-8-9-10-11-17-15-20-22(23(27)21(17)24(28)26-30-31(5,6)7)18-14-16(2)12-13-19(18)25(3,4)29-20;1-5-6-7-8-14-12-17-19(20(24)18(14)21(25)23-26)15-11-13(2)9-10-16(15)22(3,4)27-17;1-5-6-7-8-14-12-17-19(20(23)18(14)21(24)25)15-11-13(2)9-10-16(15)22(3,4)26-17;1-6(2,3)5-4;1-2;/h14-15,18-19,27H,8-13H2,1-7H3,(H,26,28);11-12,15-16,24,26H,5-10H2,1-4H3,(H,23,25);11-12,15-16,23H,5-10H2,1-4H3,(H,24,25);4H2,1-3H3;1H3;1H/t18-,19-;2*15-,16-;;;/m111.../s1/i;;;;1D;. The fourth-order valence-corrected chi connectivity index (χ4v) is 14.6. The highest BCUT2D eigenvalue weighted by atomic mass is 127. The predicted molar refractivity (Wildman–Crippen MR) is 390 cm³/mol. The number of aromatic carboxylic acids is 1. The third kappa shape index (κ3) is 20.2. The molecule has 16 nitrogen and oxygen atoms in total. The largest absolute Gasteiger partial charge is 0.507 e. The van der Waals surface area contributed by atoms with E-state index in [1.54, 1.807) is 5.48 Å². The van der Waals surface area contributed by atoms with Gasteiger partial charge < -0.3 is 43.7 Å². The van der Waals surface area contributed by atoms with Crippen LogP contribution in [0.2, 0.25) is 39.3 Å². The van der Waals surface area contributed by atoms with Gasteiger partial charge in [-0.05, 0) is 218 Å². The number of aryl methyl sites for hydroxylation is 3. The van der Waals surface area contributed by atoms with Gasteiger partial charge in [-0.25, -0.2) is 21.7 Å². The van der Waals surface area contributed by atoms with Crippen LogP contribution < -0.4 is 31.1 Å². The van der Waals surface area contributed by atoms with E-state index in [4.69, 9.17) is 26.0 Å². The van der Waals surface area contributed by atoms with Gasteiger partial charge in [-0.2, -0.15) is 0 Å². The maximum Gasteiger partial charge on any atom is 0.339 e. The first-order chi connectivity index (χ1) is 43.5. The number of allylic oxidation sites excluding steroid dienone is 6. The molecule has 3 aromatic carbocycles. The summed E-state index contributed by atoms with van der Waals surface area (Å²) in [6, 6.07) is 5.75. The molecule has 0 aromatic heterocycles. The van der Waals surface area contributed by atoms with Crippen LogP contribution in [0.3, 0.4) is 0 Å². The molecule has 522 valence electrons. The van der Waals surface area contributed by atoms with Crippen LogP contribution >= 0.6 is 35.0 Å². The third-order valence-corrected chi connectivity index (χ3v) is 20.3. The molecule has 6 atom stereocenters. The minimum absolute atomic E-state index is 0. The lowest BCUT2D eigenvalue weighted by molar-refractivity contribution is 0.0102. The Morgan fingerprint density at radius 3 is 1.14 bits per heavy atom. The lowest BCUT2D eigenvalue weighted by Gasteiger charge is -2.46. The van der Waals surface area contributed by atoms with Crippen molar-refractivity contribution in [3.63, 3.8) is 0 Å². The number of ether oxygens (including phenoxy) is 3. The summed E-state index contributed by atoms with van der Waals surface area (Å²) in [6.07, 6.45) is 23.9. The van der Waals surface area contributed by atoms with Crippen molar-refractivity contribution < 1.29 is 64.7 Å². The Bertz CT molecular complexity index is 3190. The number of carbonyl (C=O) groups is 3. The Balaban J connectivity index is 0.000000281. The second kappa shape index (κ2) is 34.5. The first-order valence-corrected chi connectivity index (χ1v) is 42.0. The highest BCUT2D eigenvalue weighted by molar-refractivity contribution is 14.1. The number of unbranched alkanes of at least 4 members (excludes halogenated alkanes) is 6. The van der Waals surface area contributed by atoms with E-state index in [2.05, 4.69) is 111 Å². The van der Waals surface area contributed by atoms with Crippen molar-refractivity contribution >= 4 is 69.4 Å². The molecule has 20 heteroatoms. The number of hydrogen-bond donors (Lipinski definition) is 8. The van der Waals surface area contributed by atoms with Crippen molar-refractivity contribution in [2.45, 2.75) is 272 Å². The molecule has 0 spiro atoms. The fraction of sp³-hybridized carbons (Fsp3) is 0.630. The first-order valence-electron chi connectivity index (χ1n) is 34.3. The van der Waals surface area contributed by atoms with Crippen molar-refractivity contribution in [2.75, 3.05) is 4.91 Å². The number of nitrogens with one attached hydrogen (secondary N) is 2. The summed E-state index contributed by atoms with van der Waals surface area (Å²) in [7, 11) is -3.30. The first kappa shape index (κ1) is 79.1. The molecule has 9 rings (SSSR count). The van der Waals surface area contributed by atoms with Crippen LogP contribution in [-0.2, 0) is 28.3 Å². The highest BCUT2D eigenvalue weighted by Crippen LogP contribution is 2.58. The summed E-state index contributed by atoms with van der Waals surface area (Å²) in [4.78, 5) is 37.9. The molecular weight excluding hydrogens is 1350 g/mol. The Labute approximate surface area is 580 Å². The van der Waals surface area contributed by atoms with Gasteiger partial charge in [0.1, 0.15) is 56.9 Å². The van der Waals surface area contributed by atoms with Crippen molar-refractivity contribution in [2.24, 2.45) is 23.7 Å². The van der Waals surface area contributed by atoms with Gasteiger partial charge in [-0.15, -0.1) is 12.4 Å². The predicted octanol–water partition coefficient (Wildman–Crippen LogP) is 18.7. The molecule has 3 aliphatic heterocycles. The van der Waals surface area contributed by atoms with E-state index in [-0.39, 0.29) is 99.0 Å². The second-order valence-electron chi connectivity index (χ2n) is 29.7. The second-order valence-corrected chi connectivity index (χ2v) is 38.6. The number of hydrogen-bond acceptors (Lipinski definition) is 13. The van der Waals surface area contributed by atoms with Crippen molar-refractivity contribution in [1.29, 1.82) is 0 Å². The molecule has 9 N–H and O–H groups in total. The zero-order valence-electron chi connectivity index (χ0n) is 60.2. The molecule has 0 saturated heterocycles. The number of phenols is 3. The minimum atomic E-state index is -1.95. The number of phenolic OH excluding ortho intramolecular Hbond substituents is 2. The number of hydroxylamine groups is 2. The fourth-order valence-electron chi connectivity index (χ4n) is 14.2. The van der Waals surface area contributed by atoms with Crippen LogP contribution in [0.5, 0.6) is 34.5 Å². The zero-order valence-corrected chi connectivity index (χ0v) is 64.2. The van der Waals surface area contributed by atoms with Crippen LogP contribution in [0.25, 0.3) is 0 Å². The van der Waals surface area contributed by atoms with Gasteiger partial charge in [0.05, 0.1) is 11.1 Å². The van der Waals surface area contributed by atoms with Crippen LogP contribution in [0.15, 0.2) is 53.1 Å². The SMILES string of the molecule is CCCCCc1cc2c(c(O)c1C(=O)NO)[C@@H]1C=C(C)CC[C@H]1C(C)(C)O2.CCCCCc1cc2c(c(O)c1C(=O)NO[Si](C)(C)C)[C@@H]1C=C(C)CC[C@H]1C(C)(C)O2.CCCCCc1cc2c(c(O)c1C(=O)O)[C@@H]1C=C(C)CC[C@H]1C(C)(C)O2.C[Si](C)(C)ON.Cl.[2H]CI. The topological polar surface area (TPSA) is 249 Å². The van der Waals surface area contributed by atoms with E-state index >= 15 is 0 Å². The highest BCUT2D eigenvalue weighted by Gasteiger charge is 2.49. The average Bonchev–Trinajstić information content (AvgIpc) is 0.751. The number of benzene rings is 3. The van der Waals surface area contributed by atoms with E-state index in [0.717, 1.165) is 119 Å². The molecule has 3 heterocycles. The lowest BCUT2D eigenvalue weighted by Crippen LogP contribution is -2.45. The summed E-state index contributed by atoms with van der Waals surface area (Å²) in [6.45, 7) is 37.6. The molecule has 2 amide bonds. The number of carboxylic acids is 1. The van der Waals surface area contributed by atoms with Gasteiger partial charge in [0.2, 0.25) is 16.6 Å². The molecule has 3 aromatic rings. The molecule has 0 radical (unpaired) electrons. The number of amides is 2. The van der Waals surface area contributed by atoms with E-state index in [1.165, 1.54) is 16.7 Å². The number of rotatable bonds is 18. The number of fused-ring (bicyclic) bond motifs is 9. The van der Waals surface area contributed by atoms with Gasteiger partial charge >= 0.3 is 5.97 Å². The number of carbonyl (C=O) groups excluding carboxylic acids is 2. The van der Waals surface area contributed by atoms with Crippen LogP contribution in [0.4, 0.5) is 0 Å². The van der Waals surface area contributed by atoms with Gasteiger partial charge in [0.15, 0.2) is 0 Å². The minimum Gasteiger partial charge on any atom is -0.507 e. The van der Waals surface area contributed by atoms with E-state index < -0.39 is 28.5 Å². The Morgan fingerprint density at radius 1 is 0.581 bits per heavy atom. The molecule has 3 aliphatic carbocycles. The van der Waals surface area contributed by atoms with Crippen LogP contribution in [0.1, 0.15) is 263 Å². The van der Waals surface area contributed by atoms with Crippen molar-refractivity contribution in [3.05, 3.63) is 103 Å². The van der Waals surface area contributed by atoms with E-state index in [1.807, 2.05) is 80.1 Å². The monoisotopic (exact) mass is 1460 g/mol. The molecule has 0 bridgehead atoms. The van der Waals surface area contributed by atoms with E-state index in [9.17, 15) is 40.0 Å². The number of aromatic hydroxyl groups is 3. The summed E-state index contributed by atoms with van der Waals surface area (Å²) in [5.74, 6) is 5.47. The molecule has 6 aliphatic rings. The van der Waals surface area contributed by atoms with E-state index in [0.29, 0.717) is 57.3 Å². The maximum atomic E-state index is 13.2. The molecule has 0 unspecified atom stereocenters. The summed E-state index contributed by atoms with van der Waals surface area (Å²) >= 11 is 1.96. The van der Waals surface area contributed by atoms with Crippen LogP contribution in [0, 0.1) is 17.8 Å². The smallest absolute Gasteiger partial charge is 0.339 e. The number of nitrogens with two attached hydrogens (primary N) is 1. The molecular formula is C73H115ClIN3O13Si2. The third-order valence-electron chi connectivity index (χ3n) is 18.9. The Hall–Kier alpha value is -4.62. The summed E-state index contributed by atoms with van der Waals surface area (Å²) in [5, 5.41) is 52.4. The van der Waals surface area contributed by atoms with Gasteiger partial charge in [-0.3, -0.25) is 14.8 Å². The van der Waals surface area contributed by atoms with Gasteiger partial charge in [0, 0.05) is 53.6 Å². The summed E-state index contributed by atoms with van der Waals surface area (Å²) < 4.78 is 35.5. The normalized spacial score (nSPS) is 21.6. The van der Waals surface area contributed by atoms with Gasteiger partial charge in [-0.1, -0.05) is 117 Å². The number of halogens is 2. The summed E-state index contributed by atoms with van der Waals surface area (Å²) in [5.41, 5.74) is 12.1. The number of carboxylic acid groups (broad SMARTS) is 1. The van der Waals surface area contributed by atoms with Gasteiger partial charge in [0.25, 0.3) is 11.8 Å². The number of alkyl halides is 1. The average molecular weight is 1460 g/mol. The molecule has 93 heavy (non-hydrogen) atoms. The maximum absolute atomic E-state index is 13.2. The molecule has 0 fully saturated rings. The Morgan fingerprint density at radius 2 is 0.871 bits per heavy atom. The molecule has 0 saturated carbocycles. The zero-order chi connectivity index (χ0) is 69.7.